The number of thiazole rings is 1. The first-order chi connectivity index (χ1) is 5.47. The molecule has 0 N–H and O–H groups in total. The molecule has 0 aliphatic heterocycles. The van der Waals surface area contributed by atoms with Gasteiger partial charge in [0.2, 0.25) is 0 Å². The van der Waals surface area contributed by atoms with Gasteiger partial charge < -0.3 is 0 Å². The molecule has 1 aromatic carbocycles. The van der Waals surface area contributed by atoms with Crippen LogP contribution in [0.15, 0.2) is 41.2 Å². The average Bonchev–Trinajstić information content (AvgIpc) is 2.58. The van der Waals surface area contributed by atoms with Crippen molar-refractivity contribution in [1.82, 2.24) is 4.98 Å². The van der Waals surface area contributed by atoms with Crippen molar-refractivity contribution in [3.8, 4) is 11.3 Å². The summed E-state index contributed by atoms with van der Waals surface area (Å²) in [6.07, 6.45) is 0. The third-order valence-corrected chi connectivity index (χ3v) is 2.09. The van der Waals surface area contributed by atoms with E-state index in [0.717, 1.165) is 5.69 Å². The van der Waals surface area contributed by atoms with Gasteiger partial charge in [-0.25, -0.2) is 4.98 Å². The Balaban J connectivity index is 0.000000720. The number of aromatic nitrogens is 1. The van der Waals surface area contributed by atoms with Gasteiger partial charge >= 0.3 is 0 Å². The van der Waals surface area contributed by atoms with Crippen molar-refractivity contribution in [2.24, 2.45) is 0 Å². The second-order valence-electron chi connectivity index (χ2n) is 2.24. The van der Waals surface area contributed by atoms with Gasteiger partial charge in [-0.1, -0.05) is 37.8 Å². The predicted molar refractivity (Wildman–Crippen MR) is 54.3 cm³/mol. The van der Waals surface area contributed by atoms with Crippen LogP contribution < -0.4 is 0 Å². The molecule has 0 aliphatic rings. The molecule has 0 saturated heterocycles. The van der Waals surface area contributed by atoms with Crippen LogP contribution in [0.3, 0.4) is 0 Å². The first-order valence-electron chi connectivity index (χ1n) is 3.40. The van der Waals surface area contributed by atoms with E-state index in [1.165, 1.54) is 5.56 Å². The monoisotopic (exact) mass is 177 g/mol. The Kier molecular flexibility index (Phi) is 3.00. The summed E-state index contributed by atoms with van der Waals surface area (Å²) in [4.78, 5) is 4.20. The first kappa shape index (κ1) is 8.94. The van der Waals surface area contributed by atoms with Crippen LogP contribution in [-0.4, -0.2) is 4.98 Å². The van der Waals surface area contributed by atoms with Gasteiger partial charge in [-0.2, -0.15) is 0 Å². The number of benzene rings is 1. The van der Waals surface area contributed by atoms with Gasteiger partial charge in [-0.05, 0) is 0 Å². The topological polar surface area (TPSA) is 12.9 Å². The maximum absolute atomic E-state index is 4.20. The van der Waals surface area contributed by atoms with Crippen LogP contribution >= 0.6 is 11.3 Å². The minimum Gasteiger partial charge on any atom is -0.245 e. The number of hydrogen-bond donors (Lipinski definition) is 0. The Hall–Kier alpha value is -1.15. The lowest BCUT2D eigenvalue weighted by atomic mass is 10.2. The highest BCUT2D eigenvalue weighted by Crippen LogP contribution is 2.17. The van der Waals surface area contributed by atoms with E-state index in [1.54, 1.807) is 11.3 Å². The lowest BCUT2D eigenvalue weighted by Crippen LogP contribution is -1.73. The molecule has 1 nitrogen and oxygen atoms in total. The largest absolute Gasteiger partial charge is 0.245 e. The Morgan fingerprint density at radius 2 is 1.83 bits per heavy atom. The summed E-state index contributed by atoms with van der Waals surface area (Å²) in [7, 11) is 0. The molecule has 2 heteroatoms. The summed E-state index contributed by atoms with van der Waals surface area (Å²) in [5, 5.41) is 2.05. The van der Waals surface area contributed by atoms with Crippen molar-refractivity contribution in [3.63, 3.8) is 0 Å². The molecule has 1 heterocycles. The lowest BCUT2D eigenvalue weighted by molar-refractivity contribution is 1.41. The molecule has 0 spiro atoms. The van der Waals surface area contributed by atoms with Gasteiger partial charge in [-0.15, -0.1) is 11.3 Å². The predicted octanol–water partition coefficient (Wildman–Crippen LogP) is 3.45. The van der Waals surface area contributed by atoms with E-state index in [4.69, 9.17) is 0 Å². The van der Waals surface area contributed by atoms with Crippen LogP contribution in [0.1, 0.15) is 7.43 Å². The average molecular weight is 177 g/mol. The Labute approximate surface area is 76.7 Å². The summed E-state index contributed by atoms with van der Waals surface area (Å²) in [5.74, 6) is 0. The van der Waals surface area contributed by atoms with Crippen molar-refractivity contribution in [3.05, 3.63) is 41.2 Å². The summed E-state index contributed by atoms with van der Waals surface area (Å²) >= 11 is 1.62. The van der Waals surface area contributed by atoms with E-state index in [-0.39, 0.29) is 7.43 Å². The molecular weight excluding hydrogens is 166 g/mol. The number of rotatable bonds is 1. The quantitative estimate of drug-likeness (QED) is 0.650. The SMILES string of the molecule is C.c1ccc(-c2cscn2)cc1. The second-order valence-corrected chi connectivity index (χ2v) is 2.96. The van der Waals surface area contributed by atoms with E-state index in [0.29, 0.717) is 0 Å². The van der Waals surface area contributed by atoms with Crippen molar-refractivity contribution >= 4 is 11.3 Å². The van der Waals surface area contributed by atoms with Crippen LogP contribution in [-0.2, 0) is 0 Å². The minimum atomic E-state index is 0. The normalized spacial score (nSPS) is 9.00. The summed E-state index contributed by atoms with van der Waals surface area (Å²) < 4.78 is 0. The van der Waals surface area contributed by atoms with Crippen LogP contribution in [0.4, 0.5) is 0 Å². The molecule has 0 fully saturated rings. The van der Waals surface area contributed by atoms with E-state index in [9.17, 15) is 0 Å². The molecule has 0 radical (unpaired) electrons. The number of hydrogen-bond acceptors (Lipinski definition) is 2. The minimum absolute atomic E-state index is 0. The van der Waals surface area contributed by atoms with E-state index < -0.39 is 0 Å². The Morgan fingerprint density at radius 1 is 1.08 bits per heavy atom. The maximum atomic E-state index is 4.20. The first-order valence-corrected chi connectivity index (χ1v) is 4.35. The fourth-order valence-corrected chi connectivity index (χ4v) is 1.53. The third-order valence-electron chi connectivity index (χ3n) is 1.50. The van der Waals surface area contributed by atoms with Gasteiger partial charge in [-0.3, -0.25) is 0 Å². The van der Waals surface area contributed by atoms with Gasteiger partial charge in [0, 0.05) is 10.9 Å². The fraction of sp³-hybridized carbons (Fsp3) is 0.100. The summed E-state index contributed by atoms with van der Waals surface area (Å²) in [6.45, 7) is 0. The van der Waals surface area contributed by atoms with Crippen LogP contribution in [0, 0.1) is 0 Å². The molecule has 62 valence electrons. The van der Waals surface area contributed by atoms with Crippen LogP contribution in [0.25, 0.3) is 11.3 Å². The standard InChI is InChI=1S/C9H7NS.CH4/c1-2-4-8(5-3-1)9-6-11-7-10-9;/h1-7H;1H4. The van der Waals surface area contributed by atoms with Crippen molar-refractivity contribution in [2.75, 3.05) is 0 Å². The van der Waals surface area contributed by atoms with Crippen LogP contribution in [0.5, 0.6) is 0 Å². The van der Waals surface area contributed by atoms with Gasteiger partial charge in [0.1, 0.15) is 0 Å². The van der Waals surface area contributed by atoms with E-state index in [2.05, 4.69) is 22.5 Å². The molecule has 12 heavy (non-hydrogen) atoms. The van der Waals surface area contributed by atoms with Gasteiger partial charge in [0.15, 0.2) is 0 Å². The summed E-state index contributed by atoms with van der Waals surface area (Å²) in [6, 6.07) is 10.2. The smallest absolute Gasteiger partial charge is 0.0811 e. The third kappa shape index (κ3) is 1.71. The molecule has 0 bridgehead atoms. The maximum Gasteiger partial charge on any atom is 0.0811 e. The van der Waals surface area contributed by atoms with Crippen molar-refractivity contribution < 1.29 is 0 Å². The van der Waals surface area contributed by atoms with Crippen molar-refractivity contribution in [2.45, 2.75) is 7.43 Å². The Bertz CT molecular complexity index is 313. The molecule has 0 saturated carbocycles. The second kappa shape index (κ2) is 4.02. The zero-order valence-corrected chi connectivity index (χ0v) is 6.71. The number of nitrogens with zero attached hydrogens (tertiary/aromatic N) is 1. The Morgan fingerprint density at radius 3 is 2.42 bits per heavy atom. The molecule has 0 aliphatic carbocycles. The molecule has 2 rings (SSSR count). The highest BCUT2D eigenvalue weighted by Gasteiger charge is 1.95. The zero-order valence-electron chi connectivity index (χ0n) is 5.90. The highest BCUT2D eigenvalue weighted by atomic mass is 32.1. The molecule has 0 amide bonds. The lowest BCUT2D eigenvalue weighted by Gasteiger charge is -1.92. The molecule has 2 aromatic rings. The molecular formula is C10H11NS. The molecule has 1 aromatic heterocycles. The van der Waals surface area contributed by atoms with Gasteiger partial charge in [0.25, 0.3) is 0 Å². The fourth-order valence-electron chi connectivity index (χ4n) is 0.964. The van der Waals surface area contributed by atoms with Gasteiger partial charge in [0.05, 0.1) is 11.2 Å². The molecule has 0 atom stereocenters. The van der Waals surface area contributed by atoms with Crippen molar-refractivity contribution in [1.29, 1.82) is 0 Å². The van der Waals surface area contributed by atoms with E-state index >= 15 is 0 Å². The van der Waals surface area contributed by atoms with E-state index in [1.807, 2.05) is 23.7 Å². The summed E-state index contributed by atoms with van der Waals surface area (Å²) in [5.41, 5.74) is 4.10. The zero-order chi connectivity index (χ0) is 7.52. The molecule has 0 unspecified atom stereocenters. The highest BCUT2D eigenvalue weighted by molar-refractivity contribution is 7.07. The van der Waals surface area contributed by atoms with Crippen LogP contribution in [0.2, 0.25) is 0 Å².